The highest BCUT2D eigenvalue weighted by Crippen LogP contribution is 2.15. The predicted octanol–water partition coefficient (Wildman–Crippen LogP) is 3.85. The fourth-order valence-electron chi connectivity index (χ4n) is 2.06. The minimum Gasteiger partial charge on any atom is -0.379 e. The van der Waals surface area contributed by atoms with E-state index in [-0.39, 0.29) is 24.0 Å². The van der Waals surface area contributed by atoms with Gasteiger partial charge in [0.1, 0.15) is 0 Å². The fraction of sp³-hybridized carbons (Fsp3) is 0.588. The molecule has 0 spiro atoms. The lowest BCUT2D eigenvalue weighted by Gasteiger charge is -2.22. The Bertz CT molecular complexity index is 452. The predicted molar refractivity (Wildman–Crippen MR) is 112 cm³/mol. The average Bonchev–Trinajstić information content (AvgIpc) is 2.51. The standard InChI is InChI=1S/C17H29N3OS.HI/c1-14(2)21-12-6-11-19-17(18-3)20(4)13-15-7-9-16(22-5)10-8-15;/h7-10,14H,6,11-13H2,1-5H3,(H,18,19);1H. The van der Waals surface area contributed by atoms with Crippen LogP contribution in [0.5, 0.6) is 0 Å². The van der Waals surface area contributed by atoms with Crippen LogP contribution in [0.2, 0.25) is 0 Å². The van der Waals surface area contributed by atoms with E-state index >= 15 is 0 Å². The van der Waals surface area contributed by atoms with Crippen molar-refractivity contribution in [3.8, 4) is 0 Å². The summed E-state index contributed by atoms with van der Waals surface area (Å²) >= 11 is 1.76. The van der Waals surface area contributed by atoms with Crippen molar-refractivity contribution in [2.45, 2.75) is 37.8 Å². The third kappa shape index (κ3) is 9.42. The summed E-state index contributed by atoms with van der Waals surface area (Å²) in [7, 11) is 3.88. The molecule has 0 aromatic heterocycles. The second kappa shape index (κ2) is 12.9. The van der Waals surface area contributed by atoms with Gasteiger partial charge in [-0.15, -0.1) is 35.7 Å². The monoisotopic (exact) mass is 451 g/mol. The Morgan fingerprint density at radius 2 is 1.96 bits per heavy atom. The number of hydrogen-bond acceptors (Lipinski definition) is 3. The number of aliphatic imine (C=N–C) groups is 1. The van der Waals surface area contributed by atoms with Gasteiger partial charge in [0.15, 0.2) is 5.96 Å². The minimum atomic E-state index is 0. The van der Waals surface area contributed by atoms with Gasteiger partial charge in [0.2, 0.25) is 0 Å². The Balaban J connectivity index is 0.00000484. The molecule has 132 valence electrons. The van der Waals surface area contributed by atoms with E-state index in [4.69, 9.17) is 4.74 Å². The number of thioether (sulfide) groups is 1. The van der Waals surface area contributed by atoms with Crippen LogP contribution in [0.15, 0.2) is 34.2 Å². The van der Waals surface area contributed by atoms with Gasteiger partial charge in [-0.3, -0.25) is 4.99 Å². The molecule has 1 N–H and O–H groups in total. The number of halogens is 1. The summed E-state index contributed by atoms with van der Waals surface area (Å²) in [5.74, 6) is 0.915. The maximum Gasteiger partial charge on any atom is 0.193 e. The average molecular weight is 451 g/mol. The zero-order valence-corrected chi connectivity index (χ0v) is 18.0. The van der Waals surface area contributed by atoms with Crippen molar-refractivity contribution < 1.29 is 4.74 Å². The molecule has 0 radical (unpaired) electrons. The summed E-state index contributed by atoms with van der Waals surface area (Å²) in [5.41, 5.74) is 1.28. The van der Waals surface area contributed by atoms with Crippen molar-refractivity contribution in [1.29, 1.82) is 0 Å². The summed E-state index contributed by atoms with van der Waals surface area (Å²) in [6.45, 7) is 6.61. The molecule has 1 aromatic carbocycles. The maximum absolute atomic E-state index is 5.54. The van der Waals surface area contributed by atoms with E-state index in [2.05, 4.69) is 66.6 Å². The fourth-order valence-corrected chi connectivity index (χ4v) is 2.46. The molecule has 1 rings (SSSR count). The number of benzene rings is 1. The second-order valence-electron chi connectivity index (χ2n) is 5.45. The van der Waals surface area contributed by atoms with Gasteiger partial charge in [-0.25, -0.2) is 0 Å². The quantitative estimate of drug-likeness (QED) is 0.214. The van der Waals surface area contributed by atoms with Gasteiger partial charge >= 0.3 is 0 Å². The highest BCUT2D eigenvalue weighted by molar-refractivity contribution is 14.0. The molecule has 0 saturated carbocycles. The number of nitrogens with zero attached hydrogens (tertiary/aromatic N) is 2. The summed E-state index contributed by atoms with van der Waals surface area (Å²) in [6, 6.07) is 8.67. The molecular weight excluding hydrogens is 421 g/mol. The van der Waals surface area contributed by atoms with Crippen LogP contribution in [-0.4, -0.2) is 50.5 Å². The highest BCUT2D eigenvalue weighted by atomic mass is 127. The van der Waals surface area contributed by atoms with E-state index in [0.29, 0.717) is 6.10 Å². The maximum atomic E-state index is 5.54. The molecule has 0 amide bonds. The number of rotatable bonds is 8. The molecule has 23 heavy (non-hydrogen) atoms. The zero-order valence-electron chi connectivity index (χ0n) is 14.8. The SMILES string of the molecule is CN=C(NCCCOC(C)C)N(C)Cc1ccc(SC)cc1.I. The highest BCUT2D eigenvalue weighted by Gasteiger charge is 2.06. The molecule has 6 heteroatoms. The number of guanidine groups is 1. The van der Waals surface area contributed by atoms with E-state index in [9.17, 15) is 0 Å². The van der Waals surface area contributed by atoms with Crippen molar-refractivity contribution in [3.05, 3.63) is 29.8 Å². The van der Waals surface area contributed by atoms with Gasteiger partial charge in [-0.2, -0.15) is 0 Å². The molecule has 4 nitrogen and oxygen atoms in total. The third-order valence-electron chi connectivity index (χ3n) is 3.21. The van der Waals surface area contributed by atoms with Gasteiger partial charge in [-0.1, -0.05) is 12.1 Å². The van der Waals surface area contributed by atoms with Crippen LogP contribution in [0.1, 0.15) is 25.8 Å². The van der Waals surface area contributed by atoms with Crippen molar-refractivity contribution in [2.75, 3.05) is 33.5 Å². The number of nitrogens with one attached hydrogen (secondary N) is 1. The van der Waals surface area contributed by atoms with Crippen molar-refractivity contribution in [1.82, 2.24) is 10.2 Å². The Morgan fingerprint density at radius 1 is 1.30 bits per heavy atom. The van der Waals surface area contributed by atoms with E-state index in [1.54, 1.807) is 11.8 Å². The van der Waals surface area contributed by atoms with E-state index in [1.165, 1.54) is 10.5 Å². The largest absolute Gasteiger partial charge is 0.379 e. The molecule has 0 fully saturated rings. The Morgan fingerprint density at radius 3 is 2.48 bits per heavy atom. The molecule has 0 aliphatic rings. The summed E-state index contributed by atoms with van der Waals surface area (Å²) < 4.78 is 5.54. The van der Waals surface area contributed by atoms with Crippen LogP contribution in [0.3, 0.4) is 0 Å². The van der Waals surface area contributed by atoms with E-state index in [1.807, 2.05) is 7.05 Å². The lowest BCUT2D eigenvalue weighted by molar-refractivity contribution is 0.0776. The molecule has 0 unspecified atom stereocenters. The number of ether oxygens (including phenoxy) is 1. The van der Waals surface area contributed by atoms with Gasteiger partial charge in [0, 0.05) is 38.7 Å². The van der Waals surface area contributed by atoms with Gasteiger partial charge < -0.3 is 15.0 Å². The molecule has 0 aliphatic carbocycles. The molecule has 0 saturated heterocycles. The van der Waals surface area contributed by atoms with Crippen molar-refractivity contribution in [2.24, 2.45) is 4.99 Å². The number of hydrogen-bond donors (Lipinski definition) is 1. The van der Waals surface area contributed by atoms with Gasteiger partial charge in [0.25, 0.3) is 0 Å². The summed E-state index contributed by atoms with van der Waals surface area (Å²) in [5, 5.41) is 3.38. The Hall–Kier alpha value is -0.470. The Labute approximate surface area is 162 Å². The molecule has 1 aromatic rings. The van der Waals surface area contributed by atoms with E-state index in [0.717, 1.165) is 32.1 Å². The van der Waals surface area contributed by atoms with E-state index < -0.39 is 0 Å². The normalized spacial score (nSPS) is 11.3. The second-order valence-corrected chi connectivity index (χ2v) is 6.33. The topological polar surface area (TPSA) is 36.9 Å². The lowest BCUT2D eigenvalue weighted by atomic mass is 10.2. The molecule has 0 atom stereocenters. The van der Waals surface area contributed by atoms with Gasteiger partial charge in [-0.05, 0) is 44.2 Å². The summed E-state index contributed by atoms with van der Waals surface area (Å²) in [6.07, 6.45) is 3.37. The first-order chi connectivity index (χ1) is 10.6. The zero-order chi connectivity index (χ0) is 16.4. The molecule has 0 bridgehead atoms. The Kier molecular flexibility index (Phi) is 12.6. The first-order valence-electron chi connectivity index (χ1n) is 7.73. The third-order valence-corrected chi connectivity index (χ3v) is 3.95. The van der Waals surface area contributed by atoms with Crippen LogP contribution in [-0.2, 0) is 11.3 Å². The minimum absolute atomic E-state index is 0. The van der Waals surface area contributed by atoms with Gasteiger partial charge in [0.05, 0.1) is 6.10 Å². The van der Waals surface area contributed by atoms with Crippen LogP contribution in [0.25, 0.3) is 0 Å². The lowest BCUT2D eigenvalue weighted by Crippen LogP contribution is -2.39. The smallest absolute Gasteiger partial charge is 0.193 e. The molecule has 0 heterocycles. The molecule has 0 aliphatic heterocycles. The van der Waals surface area contributed by atoms with Crippen LogP contribution in [0, 0.1) is 0 Å². The van der Waals surface area contributed by atoms with Crippen LogP contribution >= 0.6 is 35.7 Å². The summed E-state index contributed by atoms with van der Waals surface area (Å²) in [4.78, 5) is 7.76. The van der Waals surface area contributed by atoms with Crippen LogP contribution < -0.4 is 5.32 Å². The molecular formula is C17H30IN3OS. The first kappa shape index (κ1) is 22.5. The van der Waals surface area contributed by atoms with Crippen molar-refractivity contribution in [3.63, 3.8) is 0 Å². The van der Waals surface area contributed by atoms with Crippen molar-refractivity contribution >= 4 is 41.7 Å². The first-order valence-corrected chi connectivity index (χ1v) is 8.95. The van der Waals surface area contributed by atoms with Crippen LogP contribution in [0.4, 0.5) is 0 Å².